The third-order valence-corrected chi connectivity index (χ3v) is 8.19. The second kappa shape index (κ2) is 7.18. The van der Waals surface area contributed by atoms with Crippen molar-refractivity contribution in [3.8, 4) is 0 Å². The molecule has 5 saturated heterocycles. The van der Waals surface area contributed by atoms with Gasteiger partial charge in [0.05, 0.1) is 0 Å². The molecule has 2 bridgehead atoms. The Hall–Kier alpha value is -1.77. The molecular weight excluding hydrogens is 384 g/mol. The summed E-state index contributed by atoms with van der Waals surface area (Å²) in [5, 5.41) is 7.80. The molecule has 29 heavy (non-hydrogen) atoms. The Morgan fingerprint density at radius 3 is 2.83 bits per heavy atom. The molecule has 0 radical (unpaired) electrons. The van der Waals surface area contributed by atoms with Gasteiger partial charge in [0.2, 0.25) is 0 Å². The minimum absolute atomic E-state index is 0.0408. The maximum absolute atomic E-state index is 12.9. The highest BCUT2D eigenvalue weighted by Crippen LogP contribution is 2.31. The lowest BCUT2D eigenvalue weighted by Gasteiger charge is -2.44. The minimum Gasteiger partial charge on any atom is -0.355 e. The van der Waals surface area contributed by atoms with E-state index in [2.05, 4.69) is 30.9 Å². The molecule has 2 N–H and O–H groups in total. The molecule has 7 heterocycles. The van der Waals surface area contributed by atoms with Crippen LogP contribution < -0.4 is 15.5 Å². The summed E-state index contributed by atoms with van der Waals surface area (Å²) in [5.41, 5.74) is 0.539. The van der Waals surface area contributed by atoms with E-state index in [4.69, 9.17) is 4.98 Å². The van der Waals surface area contributed by atoms with Crippen LogP contribution in [0.15, 0.2) is 12.1 Å². The lowest BCUT2D eigenvalue weighted by atomic mass is 9.84. The van der Waals surface area contributed by atoms with Crippen molar-refractivity contribution >= 4 is 33.5 Å². The molecule has 7 rings (SSSR count). The first kappa shape index (κ1) is 18.0. The predicted octanol–water partition coefficient (Wildman–Crippen LogP) is 1.70. The Balaban J connectivity index is 1.19. The van der Waals surface area contributed by atoms with E-state index < -0.39 is 0 Å². The third-order valence-electron chi connectivity index (χ3n) is 7.44. The predicted molar refractivity (Wildman–Crippen MR) is 115 cm³/mol. The first-order valence-electron chi connectivity index (χ1n) is 11.0. The number of carbonyl (C=O) groups excluding carboxylic acids is 1. The summed E-state index contributed by atoms with van der Waals surface area (Å²) in [6.07, 6.45) is 4.97. The fourth-order valence-corrected chi connectivity index (χ4v) is 6.51. The topological polar surface area (TPSA) is 73.4 Å². The Morgan fingerprint density at radius 2 is 2.03 bits per heavy atom. The van der Waals surface area contributed by atoms with Crippen LogP contribution in [0, 0.1) is 11.8 Å². The standard InChI is InChI=1S/C21H28N6OS/c28-20(23-17-11-26-8-5-13(17)6-9-26)19-15-3-4-18(24-21(15)29-25-19)27-10-14-2-1-7-22-16(14)12-27/h3-4,13-14,16-17,22H,1-2,5-12H2,(H,23,28)/t14?,16?,17-/m1/s1. The summed E-state index contributed by atoms with van der Waals surface area (Å²) in [5.74, 6) is 2.32. The van der Waals surface area contributed by atoms with Gasteiger partial charge in [-0.25, -0.2) is 4.98 Å². The van der Waals surface area contributed by atoms with E-state index >= 15 is 0 Å². The molecule has 7 nitrogen and oxygen atoms in total. The molecule has 8 heteroatoms. The fraction of sp³-hybridized carbons (Fsp3) is 0.667. The highest BCUT2D eigenvalue weighted by Gasteiger charge is 2.36. The first-order chi connectivity index (χ1) is 14.2. The molecule has 5 aliphatic heterocycles. The second-order valence-corrected chi connectivity index (χ2v) is 9.89. The summed E-state index contributed by atoms with van der Waals surface area (Å²) in [4.78, 5) is 23.5. The van der Waals surface area contributed by atoms with Gasteiger partial charge in [-0.15, -0.1) is 0 Å². The quantitative estimate of drug-likeness (QED) is 0.800. The van der Waals surface area contributed by atoms with E-state index in [0.29, 0.717) is 17.7 Å². The minimum atomic E-state index is -0.0408. The maximum atomic E-state index is 12.9. The van der Waals surface area contributed by atoms with Crippen molar-refractivity contribution in [3.05, 3.63) is 17.8 Å². The average molecular weight is 413 g/mol. The SMILES string of the molecule is O=C(N[C@@H]1CN2CCC1CC2)c1nsc2nc(N3CC4CCCNC4C3)ccc12. The normalized spacial score (nSPS) is 33.8. The van der Waals surface area contributed by atoms with E-state index in [0.717, 1.165) is 48.1 Å². The number of fused-ring (bicyclic) bond motifs is 5. The van der Waals surface area contributed by atoms with Gasteiger partial charge in [0.1, 0.15) is 10.6 Å². The van der Waals surface area contributed by atoms with Gasteiger partial charge in [-0.2, -0.15) is 4.37 Å². The number of pyridine rings is 1. The molecule has 2 aromatic rings. The monoisotopic (exact) mass is 412 g/mol. The zero-order valence-electron chi connectivity index (χ0n) is 16.6. The van der Waals surface area contributed by atoms with Crippen molar-refractivity contribution in [2.45, 2.75) is 37.8 Å². The van der Waals surface area contributed by atoms with Crippen LogP contribution in [0.4, 0.5) is 5.82 Å². The molecule has 154 valence electrons. The zero-order chi connectivity index (χ0) is 19.4. The van der Waals surface area contributed by atoms with Gasteiger partial charge < -0.3 is 20.4 Å². The molecule has 5 fully saturated rings. The Bertz CT molecular complexity index is 909. The Morgan fingerprint density at radius 1 is 1.14 bits per heavy atom. The van der Waals surface area contributed by atoms with Crippen LogP contribution in [0.2, 0.25) is 0 Å². The summed E-state index contributed by atoms with van der Waals surface area (Å²) in [6, 6.07) is 4.96. The average Bonchev–Trinajstić information content (AvgIpc) is 3.38. The first-order valence-corrected chi connectivity index (χ1v) is 11.8. The number of amides is 1. The number of aromatic nitrogens is 2. The van der Waals surface area contributed by atoms with Crippen molar-refractivity contribution in [2.24, 2.45) is 11.8 Å². The number of rotatable bonds is 3. The molecule has 5 aliphatic rings. The second-order valence-electron chi connectivity index (χ2n) is 9.14. The summed E-state index contributed by atoms with van der Waals surface area (Å²) < 4.78 is 4.49. The molecule has 1 amide bonds. The molecule has 0 aromatic carbocycles. The van der Waals surface area contributed by atoms with Gasteiger partial charge in [-0.3, -0.25) is 4.79 Å². The van der Waals surface area contributed by atoms with Crippen LogP contribution in [-0.4, -0.2) is 71.5 Å². The van der Waals surface area contributed by atoms with Crippen molar-refractivity contribution in [2.75, 3.05) is 44.2 Å². The molecule has 0 spiro atoms. The highest BCUT2D eigenvalue weighted by molar-refractivity contribution is 7.13. The van der Waals surface area contributed by atoms with Crippen molar-refractivity contribution in [1.29, 1.82) is 0 Å². The van der Waals surface area contributed by atoms with Gasteiger partial charge in [0.25, 0.3) is 5.91 Å². The van der Waals surface area contributed by atoms with E-state index in [1.807, 2.05) is 6.07 Å². The van der Waals surface area contributed by atoms with Gasteiger partial charge in [-0.05, 0) is 80.8 Å². The smallest absolute Gasteiger partial charge is 0.271 e. The van der Waals surface area contributed by atoms with E-state index in [1.165, 1.54) is 50.3 Å². The van der Waals surface area contributed by atoms with Crippen LogP contribution in [0.3, 0.4) is 0 Å². The third kappa shape index (κ3) is 3.21. The number of piperidine rings is 4. The largest absolute Gasteiger partial charge is 0.355 e. The number of carbonyl (C=O) groups is 1. The molecule has 0 aliphatic carbocycles. The van der Waals surface area contributed by atoms with Gasteiger partial charge >= 0.3 is 0 Å². The van der Waals surface area contributed by atoms with Gasteiger partial charge in [0.15, 0.2) is 5.69 Å². The molecule has 2 aromatic heterocycles. The van der Waals surface area contributed by atoms with Crippen LogP contribution in [0.5, 0.6) is 0 Å². The van der Waals surface area contributed by atoms with Crippen LogP contribution in [0.1, 0.15) is 36.2 Å². The Kier molecular flexibility index (Phi) is 4.46. The Labute approximate surface area is 175 Å². The fourth-order valence-electron chi connectivity index (χ4n) is 5.76. The van der Waals surface area contributed by atoms with Crippen LogP contribution >= 0.6 is 11.5 Å². The zero-order valence-corrected chi connectivity index (χ0v) is 17.5. The lowest BCUT2D eigenvalue weighted by molar-refractivity contribution is 0.0619. The molecular formula is C21H28N6OS. The molecule has 0 saturated carbocycles. The maximum Gasteiger partial charge on any atom is 0.271 e. The molecule has 2 unspecified atom stereocenters. The summed E-state index contributed by atoms with van der Waals surface area (Å²) in [6.45, 7) is 6.56. The van der Waals surface area contributed by atoms with E-state index in [-0.39, 0.29) is 11.9 Å². The number of hydrogen-bond donors (Lipinski definition) is 2. The summed E-state index contributed by atoms with van der Waals surface area (Å²) >= 11 is 1.34. The lowest BCUT2D eigenvalue weighted by Crippen LogP contribution is -2.57. The van der Waals surface area contributed by atoms with Gasteiger partial charge in [-0.1, -0.05) is 0 Å². The van der Waals surface area contributed by atoms with E-state index in [9.17, 15) is 4.79 Å². The number of nitrogens with zero attached hydrogens (tertiary/aromatic N) is 4. The van der Waals surface area contributed by atoms with E-state index in [1.54, 1.807) is 0 Å². The number of nitrogens with one attached hydrogen (secondary N) is 2. The van der Waals surface area contributed by atoms with Gasteiger partial charge in [0, 0.05) is 37.1 Å². The van der Waals surface area contributed by atoms with Crippen molar-refractivity contribution in [1.82, 2.24) is 24.9 Å². The number of hydrogen-bond acceptors (Lipinski definition) is 7. The number of anilines is 1. The van der Waals surface area contributed by atoms with Crippen LogP contribution in [-0.2, 0) is 0 Å². The van der Waals surface area contributed by atoms with Crippen molar-refractivity contribution in [3.63, 3.8) is 0 Å². The summed E-state index contributed by atoms with van der Waals surface area (Å²) in [7, 11) is 0. The highest BCUT2D eigenvalue weighted by atomic mass is 32.1. The molecule has 3 atom stereocenters. The van der Waals surface area contributed by atoms with Crippen LogP contribution in [0.25, 0.3) is 10.2 Å². The van der Waals surface area contributed by atoms with Crippen molar-refractivity contribution < 1.29 is 4.79 Å².